The van der Waals surface area contributed by atoms with Crippen LogP contribution in [0.15, 0.2) is 18.2 Å². The Morgan fingerprint density at radius 3 is 2.61 bits per heavy atom. The quantitative estimate of drug-likeness (QED) is 0.873. The second kappa shape index (κ2) is 4.63. The van der Waals surface area contributed by atoms with Crippen LogP contribution >= 0.6 is 0 Å². The Morgan fingerprint density at radius 2 is 2.00 bits per heavy atom. The molecule has 0 spiro atoms. The van der Waals surface area contributed by atoms with Crippen LogP contribution in [0.25, 0.3) is 0 Å². The van der Waals surface area contributed by atoms with Crippen molar-refractivity contribution in [3.8, 4) is 5.75 Å². The summed E-state index contributed by atoms with van der Waals surface area (Å²) in [5.41, 5.74) is 2.50. The van der Waals surface area contributed by atoms with E-state index >= 15 is 0 Å². The van der Waals surface area contributed by atoms with Gasteiger partial charge in [-0.05, 0) is 35.1 Å². The van der Waals surface area contributed by atoms with Gasteiger partial charge < -0.3 is 10.0 Å². The maximum absolute atomic E-state index is 11.4. The van der Waals surface area contributed by atoms with Gasteiger partial charge in [0.15, 0.2) is 0 Å². The van der Waals surface area contributed by atoms with Gasteiger partial charge in [0.05, 0.1) is 0 Å². The second-order valence-electron chi connectivity index (χ2n) is 5.47. The number of hydrogen-bond donors (Lipinski definition) is 1. The summed E-state index contributed by atoms with van der Waals surface area (Å²) in [6.45, 7) is 6.75. The average Bonchev–Trinajstić information content (AvgIpc) is 2.54. The van der Waals surface area contributed by atoms with Crippen molar-refractivity contribution in [3.63, 3.8) is 0 Å². The Hall–Kier alpha value is -1.51. The van der Waals surface area contributed by atoms with Gasteiger partial charge >= 0.3 is 0 Å². The molecule has 1 amide bonds. The van der Waals surface area contributed by atoms with Crippen molar-refractivity contribution >= 4 is 5.91 Å². The van der Waals surface area contributed by atoms with Crippen molar-refractivity contribution in [1.82, 2.24) is 4.90 Å². The van der Waals surface area contributed by atoms with Crippen molar-refractivity contribution < 1.29 is 9.90 Å². The van der Waals surface area contributed by atoms with Crippen LogP contribution in [0.1, 0.15) is 43.7 Å². The Labute approximate surface area is 108 Å². The monoisotopic (exact) mass is 247 g/mol. The van der Waals surface area contributed by atoms with Crippen LogP contribution in [-0.2, 0) is 4.79 Å². The van der Waals surface area contributed by atoms with Gasteiger partial charge in [0.1, 0.15) is 5.75 Å². The van der Waals surface area contributed by atoms with E-state index in [1.165, 1.54) is 11.1 Å². The normalized spacial score (nSPS) is 25.9. The first-order valence-corrected chi connectivity index (χ1v) is 6.46. The fraction of sp³-hybridized carbons (Fsp3) is 0.533. The van der Waals surface area contributed by atoms with Crippen LogP contribution in [0.4, 0.5) is 0 Å². The third-order valence-electron chi connectivity index (χ3n) is 4.39. The SMILES string of the molecule is CC(=O)N(C)CC1c2cc(O)ccc2C(C)C1C. The van der Waals surface area contributed by atoms with E-state index in [0.29, 0.717) is 23.5 Å². The summed E-state index contributed by atoms with van der Waals surface area (Å²) in [4.78, 5) is 13.1. The number of likely N-dealkylation sites (N-methyl/N-ethyl adjacent to an activating group) is 1. The van der Waals surface area contributed by atoms with E-state index in [1.54, 1.807) is 17.9 Å². The molecule has 0 heterocycles. The van der Waals surface area contributed by atoms with Gasteiger partial charge in [0.25, 0.3) is 0 Å². The lowest BCUT2D eigenvalue weighted by molar-refractivity contribution is -0.127. The fourth-order valence-electron chi connectivity index (χ4n) is 2.90. The lowest BCUT2D eigenvalue weighted by Crippen LogP contribution is -2.30. The van der Waals surface area contributed by atoms with Crippen molar-refractivity contribution in [3.05, 3.63) is 29.3 Å². The van der Waals surface area contributed by atoms with E-state index in [-0.39, 0.29) is 5.91 Å². The summed E-state index contributed by atoms with van der Waals surface area (Å²) < 4.78 is 0. The van der Waals surface area contributed by atoms with Gasteiger partial charge in [0, 0.05) is 26.4 Å². The average molecular weight is 247 g/mol. The van der Waals surface area contributed by atoms with Crippen LogP contribution in [0.5, 0.6) is 5.75 Å². The van der Waals surface area contributed by atoms with E-state index in [9.17, 15) is 9.90 Å². The zero-order valence-corrected chi connectivity index (χ0v) is 11.5. The van der Waals surface area contributed by atoms with Crippen molar-refractivity contribution in [2.75, 3.05) is 13.6 Å². The van der Waals surface area contributed by atoms with E-state index in [1.807, 2.05) is 19.2 Å². The predicted octanol–water partition coefficient (Wildman–Crippen LogP) is 2.71. The molecule has 1 aromatic carbocycles. The maximum atomic E-state index is 11.4. The molecule has 0 radical (unpaired) electrons. The van der Waals surface area contributed by atoms with Crippen molar-refractivity contribution in [2.45, 2.75) is 32.6 Å². The first-order chi connectivity index (χ1) is 8.41. The number of hydrogen-bond acceptors (Lipinski definition) is 2. The summed E-state index contributed by atoms with van der Waals surface area (Å²) in [5.74, 6) is 1.68. The Bertz CT molecular complexity index is 470. The summed E-state index contributed by atoms with van der Waals surface area (Å²) >= 11 is 0. The van der Waals surface area contributed by atoms with Crippen LogP contribution in [0, 0.1) is 5.92 Å². The number of rotatable bonds is 2. The van der Waals surface area contributed by atoms with E-state index in [4.69, 9.17) is 0 Å². The van der Waals surface area contributed by atoms with Crippen molar-refractivity contribution in [1.29, 1.82) is 0 Å². The molecule has 18 heavy (non-hydrogen) atoms. The molecule has 0 aromatic heterocycles. The number of phenolic OH excluding ortho intramolecular Hbond substituents is 1. The van der Waals surface area contributed by atoms with Gasteiger partial charge in [-0.2, -0.15) is 0 Å². The highest BCUT2D eigenvalue weighted by molar-refractivity contribution is 5.73. The minimum Gasteiger partial charge on any atom is -0.508 e. The topological polar surface area (TPSA) is 40.5 Å². The molecule has 3 atom stereocenters. The molecule has 1 aromatic rings. The number of carbonyl (C=O) groups excluding carboxylic acids is 1. The van der Waals surface area contributed by atoms with Gasteiger partial charge in [-0.3, -0.25) is 4.79 Å². The highest BCUT2D eigenvalue weighted by Crippen LogP contribution is 2.47. The van der Waals surface area contributed by atoms with Gasteiger partial charge in [-0.1, -0.05) is 19.9 Å². The summed E-state index contributed by atoms with van der Waals surface area (Å²) in [6.07, 6.45) is 0. The number of carbonyl (C=O) groups is 1. The second-order valence-corrected chi connectivity index (χ2v) is 5.47. The molecule has 0 fully saturated rings. The zero-order chi connectivity index (χ0) is 13.4. The molecule has 0 saturated heterocycles. The largest absolute Gasteiger partial charge is 0.508 e. The lowest BCUT2D eigenvalue weighted by Gasteiger charge is -2.24. The highest BCUT2D eigenvalue weighted by atomic mass is 16.3. The number of phenols is 1. The Balaban J connectivity index is 2.32. The fourth-order valence-corrected chi connectivity index (χ4v) is 2.90. The molecule has 1 aliphatic carbocycles. The summed E-state index contributed by atoms with van der Waals surface area (Å²) in [7, 11) is 1.83. The summed E-state index contributed by atoms with van der Waals surface area (Å²) in [5, 5.41) is 9.65. The molecular formula is C15H21NO2. The molecule has 1 aliphatic rings. The minimum absolute atomic E-state index is 0.0865. The maximum Gasteiger partial charge on any atom is 0.219 e. The number of aromatic hydroxyl groups is 1. The molecule has 3 nitrogen and oxygen atoms in total. The molecule has 0 aliphatic heterocycles. The zero-order valence-electron chi connectivity index (χ0n) is 11.5. The van der Waals surface area contributed by atoms with Gasteiger partial charge in [0.2, 0.25) is 5.91 Å². The molecule has 0 saturated carbocycles. The van der Waals surface area contributed by atoms with Gasteiger partial charge in [-0.25, -0.2) is 0 Å². The predicted molar refractivity (Wildman–Crippen MR) is 71.7 cm³/mol. The molecule has 98 valence electrons. The van der Waals surface area contributed by atoms with E-state index in [2.05, 4.69) is 13.8 Å². The smallest absolute Gasteiger partial charge is 0.219 e. The van der Waals surface area contributed by atoms with Crippen LogP contribution in [0.2, 0.25) is 0 Å². The van der Waals surface area contributed by atoms with E-state index < -0.39 is 0 Å². The van der Waals surface area contributed by atoms with Crippen LogP contribution in [-0.4, -0.2) is 29.5 Å². The number of amides is 1. The molecule has 3 unspecified atom stereocenters. The summed E-state index contributed by atoms with van der Waals surface area (Å²) in [6, 6.07) is 5.62. The van der Waals surface area contributed by atoms with E-state index in [0.717, 1.165) is 6.54 Å². The standard InChI is InChI=1S/C15H21NO2/c1-9-10(2)15(8-16(4)11(3)17)14-7-12(18)5-6-13(9)14/h5-7,9-10,15,18H,8H2,1-4H3. The number of benzene rings is 1. The third-order valence-corrected chi connectivity index (χ3v) is 4.39. The van der Waals surface area contributed by atoms with Crippen molar-refractivity contribution in [2.24, 2.45) is 5.92 Å². The minimum atomic E-state index is 0.0865. The molecule has 3 heteroatoms. The molecular weight excluding hydrogens is 226 g/mol. The number of nitrogens with zero attached hydrogens (tertiary/aromatic N) is 1. The molecule has 2 rings (SSSR count). The lowest BCUT2D eigenvalue weighted by atomic mass is 9.89. The Kier molecular flexibility index (Phi) is 3.33. The Morgan fingerprint density at radius 1 is 1.33 bits per heavy atom. The molecule has 0 bridgehead atoms. The van der Waals surface area contributed by atoms with Crippen LogP contribution in [0.3, 0.4) is 0 Å². The first-order valence-electron chi connectivity index (χ1n) is 6.46. The van der Waals surface area contributed by atoms with Gasteiger partial charge in [-0.15, -0.1) is 0 Å². The first kappa shape index (κ1) is 12.9. The molecule has 1 N–H and O–H groups in total. The number of fused-ring (bicyclic) bond motifs is 1. The highest BCUT2D eigenvalue weighted by Gasteiger charge is 2.36. The van der Waals surface area contributed by atoms with Crippen LogP contribution < -0.4 is 0 Å². The third kappa shape index (κ3) is 2.09.